The van der Waals surface area contributed by atoms with E-state index >= 15 is 0 Å². The quantitative estimate of drug-likeness (QED) is 0.863. The van der Waals surface area contributed by atoms with Crippen molar-refractivity contribution in [1.82, 2.24) is 4.67 Å². The van der Waals surface area contributed by atoms with Gasteiger partial charge >= 0.3 is 0 Å². The van der Waals surface area contributed by atoms with Crippen molar-refractivity contribution in [3.05, 3.63) is 52.2 Å². The number of hydrogen-bond acceptors (Lipinski definition) is 4. The lowest BCUT2D eigenvalue weighted by Gasteiger charge is -2.43. The van der Waals surface area contributed by atoms with E-state index in [1.807, 2.05) is 5.38 Å². The Hall–Kier alpha value is -1.62. The van der Waals surface area contributed by atoms with Crippen molar-refractivity contribution < 1.29 is 14.5 Å². The minimum absolute atomic E-state index is 0.331. The molecule has 5 nitrogen and oxygen atoms in total. The van der Waals surface area contributed by atoms with Crippen LogP contribution < -0.4 is 4.67 Å². The Bertz CT molecular complexity index is 732. The third-order valence-electron chi connectivity index (χ3n) is 3.75. The Balaban J connectivity index is 2.15. The first kappa shape index (κ1) is 14.3. The zero-order valence-electron chi connectivity index (χ0n) is 11.6. The average Bonchev–Trinajstić information content (AvgIpc) is 3.04. The number of carbonyl (C=O) groups excluding carboxylic acids is 1. The lowest BCUT2D eigenvalue weighted by Crippen LogP contribution is -2.39. The first-order chi connectivity index (χ1) is 9.98. The summed E-state index contributed by atoms with van der Waals surface area (Å²) in [5.41, 5.74) is 1.08. The molecule has 0 saturated heterocycles. The first-order valence-electron chi connectivity index (χ1n) is 6.41. The van der Waals surface area contributed by atoms with E-state index in [2.05, 4.69) is 0 Å². The average molecular weight is 322 g/mol. The molecule has 0 saturated carbocycles. The predicted molar refractivity (Wildman–Crippen MR) is 83.8 cm³/mol. The number of carbonyl (C=O) groups is 1. The zero-order valence-corrected chi connectivity index (χ0v) is 13.3. The molecule has 110 valence electrons. The van der Waals surface area contributed by atoms with Gasteiger partial charge in [-0.1, -0.05) is 18.2 Å². The molecule has 0 aliphatic carbocycles. The molecule has 0 radical (unpaired) electrons. The van der Waals surface area contributed by atoms with Crippen molar-refractivity contribution in [1.29, 1.82) is 0 Å². The Morgan fingerprint density at radius 3 is 2.52 bits per heavy atom. The van der Waals surface area contributed by atoms with Crippen molar-refractivity contribution in [2.24, 2.45) is 0 Å². The molecule has 2 atom stereocenters. The van der Waals surface area contributed by atoms with Crippen LogP contribution in [-0.4, -0.2) is 29.8 Å². The molecule has 3 rings (SSSR count). The number of aliphatic hydroxyl groups excluding tert-OH is 1. The predicted octanol–water partition coefficient (Wildman–Crippen LogP) is 3.15. The molecule has 0 spiro atoms. The molecule has 0 bridgehead atoms. The zero-order chi connectivity index (χ0) is 15.2. The Kier molecular flexibility index (Phi) is 3.40. The fourth-order valence-corrected chi connectivity index (χ4v) is 6.04. The maximum Gasteiger partial charge on any atom is 0.298 e. The topological polar surface area (TPSA) is 60.9 Å². The number of rotatable bonds is 2. The van der Waals surface area contributed by atoms with E-state index in [4.69, 9.17) is 0 Å². The molecule has 2 aromatic rings. The highest BCUT2D eigenvalue weighted by atomic mass is 32.1. The summed E-state index contributed by atoms with van der Waals surface area (Å²) in [4.78, 5) is 13.1. The highest BCUT2D eigenvalue weighted by Gasteiger charge is 2.48. The third-order valence-corrected chi connectivity index (χ3v) is 7.88. The van der Waals surface area contributed by atoms with Crippen LogP contribution in [0.1, 0.15) is 21.1 Å². The van der Waals surface area contributed by atoms with Crippen molar-refractivity contribution >= 4 is 30.4 Å². The van der Waals surface area contributed by atoms with E-state index in [1.165, 1.54) is 27.7 Å². The van der Waals surface area contributed by atoms with E-state index in [9.17, 15) is 14.5 Å². The summed E-state index contributed by atoms with van der Waals surface area (Å²) in [5, 5.41) is 12.4. The van der Waals surface area contributed by atoms with Gasteiger partial charge in [-0.3, -0.25) is 14.0 Å². The van der Waals surface area contributed by atoms with Crippen LogP contribution >= 0.6 is 18.8 Å². The summed E-state index contributed by atoms with van der Waals surface area (Å²) < 4.78 is 16.2. The number of thiophene rings is 1. The SMILES string of the molecule is CN1C(=O)c2ccccc2N(C)P1(=O)C(O)c1cccs1. The van der Waals surface area contributed by atoms with Crippen molar-refractivity contribution in [3.63, 3.8) is 0 Å². The number of fused-ring (bicyclic) bond motifs is 1. The molecule has 21 heavy (non-hydrogen) atoms. The minimum Gasteiger partial charge on any atom is -0.376 e. The standard InChI is InChI=1S/C14H15N2O3PS/c1-15-11-7-4-3-6-10(11)13(17)16(2)20(15,19)14(18)12-8-5-9-21-12/h3-9,14,18H,1-2H3. The Morgan fingerprint density at radius 1 is 1.14 bits per heavy atom. The van der Waals surface area contributed by atoms with Crippen molar-refractivity contribution in [3.8, 4) is 0 Å². The molecule has 1 aliphatic heterocycles. The summed E-state index contributed by atoms with van der Waals surface area (Å²) in [6.45, 7) is 0. The smallest absolute Gasteiger partial charge is 0.298 e. The van der Waals surface area contributed by atoms with Crippen LogP contribution in [0.2, 0.25) is 0 Å². The number of nitrogens with zero attached hydrogens (tertiary/aromatic N) is 2. The van der Waals surface area contributed by atoms with Crippen LogP contribution in [0.4, 0.5) is 5.69 Å². The number of amides is 1. The van der Waals surface area contributed by atoms with Crippen LogP contribution in [0, 0.1) is 0 Å². The van der Waals surface area contributed by atoms with Crippen LogP contribution in [0.25, 0.3) is 0 Å². The number of para-hydroxylation sites is 1. The molecule has 0 fully saturated rings. The summed E-state index contributed by atoms with van der Waals surface area (Å²) in [7, 11) is -0.350. The molecular weight excluding hydrogens is 307 g/mol. The van der Waals surface area contributed by atoms with E-state index in [0.29, 0.717) is 16.1 Å². The number of aliphatic hydroxyl groups is 1. The van der Waals surface area contributed by atoms with Crippen molar-refractivity contribution in [2.75, 3.05) is 18.8 Å². The van der Waals surface area contributed by atoms with Gasteiger partial charge < -0.3 is 9.78 Å². The second-order valence-corrected chi connectivity index (χ2v) is 8.69. The summed E-state index contributed by atoms with van der Waals surface area (Å²) in [6, 6.07) is 10.5. The molecule has 1 aromatic carbocycles. The van der Waals surface area contributed by atoms with Gasteiger partial charge in [-0.2, -0.15) is 0 Å². The molecule has 2 unspecified atom stereocenters. The van der Waals surface area contributed by atoms with Gasteiger partial charge in [-0.25, -0.2) is 0 Å². The Morgan fingerprint density at radius 2 is 1.86 bits per heavy atom. The summed E-state index contributed by atoms with van der Waals surface area (Å²) >= 11 is 1.32. The largest absolute Gasteiger partial charge is 0.376 e. The summed E-state index contributed by atoms with van der Waals surface area (Å²) in [6.07, 6.45) is 0. The highest BCUT2D eigenvalue weighted by molar-refractivity contribution is 7.64. The second-order valence-electron chi connectivity index (χ2n) is 4.85. The third kappa shape index (κ3) is 1.94. The van der Waals surface area contributed by atoms with Gasteiger partial charge in [0.15, 0.2) is 5.85 Å². The number of hydrogen-bond donors (Lipinski definition) is 1. The molecular formula is C14H15N2O3PS. The van der Waals surface area contributed by atoms with Gasteiger partial charge in [0.25, 0.3) is 13.4 Å². The maximum absolute atomic E-state index is 13.5. The first-order valence-corrected chi connectivity index (χ1v) is 8.97. The second kappa shape index (κ2) is 4.98. The van der Waals surface area contributed by atoms with Gasteiger partial charge in [0.2, 0.25) is 0 Å². The van der Waals surface area contributed by atoms with Gasteiger partial charge in [-0.05, 0) is 23.6 Å². The van der Waals surface area contributed by atoms with Gasteiger partial charge in [0.1, 0.15) is 0 Å². The minimum atomic E-state index is -3.48. The molecule has 1 aliphatic rings. The maximum atomic E-state index is 13.5. The fraction of sp³-hybridized carbons (Fsp3) is 0.214. The molecule has 7 heteroatoms. The lowest BCUT2D eigenvalue weighted by molar-refractivity contribution is 0.0867. The van der Waals surface area contributed by atoms with Crippen LogP contribution in [0.15, 0.2) is 41.8 Å². The van der Waals surface area contributed by atoms with E-state index < -0.39 is 13.3 Å². The highest BCUT2D eigenvalue weighted by Crippen LogP contribution is 2.66. The van der Waals surface area contributed by atoms with Crippen LogP contribution in [-0.2, 0) is 4.57 Å². The monoisotopic (exact) mass is 322 g/mol. The van der Waals surface area contributed by atoms with Gasteiger partial charge in [0.05, 0.1) is 11.3 Å². The van der Waals surface area contributed by atoms with Gasteiger partial charge in [-0.15, -0.1) is 11.3 Å². The van der Waals surface area contributed by atoms with E-state index in [0.717, 1.165) is 0 Å². The van der Waals surface area contributed by atoms with E-state index in [1.54, 1.807) is 43.4 Å². The van der Waals surface area contributed by atoms with Crippen LogP contribution in [0.5, 0.6) is 0 Å². The Labute approximate surface area is 126 Å². The molecule has 2 heterocycles. The number of anilines is 1. The van der Waals surface area contributed by atoms with E-state index in [-0.39, 0.29) is 5.91 Å². The fourth-order valence-electron chi connectivity index (χ4n) is 2.53. The molecule has 1 aromatic heterocycles. The van der Waals surface area contributed by atoms with Crippen LogP contribution in [0.3, 0.4) is 0 Å². The summed E-state index contributed by atoms with van der Waals surface area (Å²) in [5.74, 6) is -1.55. The molecule has 1 N–H and O–H groups in total. The van der Waals surface area contributed by atoms with Crippen molar-refractivity contribution in [2.45, 2.75) is 5.85 Å². The number of benzene rings is 1. The lowest BCUT2D eigenvalue weighted by atomic mass is 10.1. The van der Waals surface area contributed by atoms with Gasteiger partial charge in [0, 0.05) is 19.0 Å². The normalized spacial score (nSPS) is 23.1. The molecule has 1 amide bonds.